The van der Waals surface area contributed by atoms with Gasteiger partial charge in [0.1, 0.15) is 0 Å². The van der Waals surface area contributed by atoms with E-state index in [0.29, 0.717) is 37.1 Å². The van der Waals surface area contributed by atoms with Crippen molar-refractivity contribution in [1.82, 2.24) is 9.13 Å². The number of aromatic nitrogens is 2. The smallest absolute Gasteiger partial charge is 0.264 e. The number of hydrogen-bond donors (Lipinski definition) is 2. The fraction of sp³-hybridized carbons (Fsp3) is 0.400. The van der Waals surface area contributed by atoms with Crippen LogP contribution in [0.3, 0.4) is 0 Å². The van der Waals surface area contributed by atoms with Crippen molar-refractivity contribution in [2.45, 2.75) is 65.2 Å². The van der Waals surface area contributed by atoms with Crippen LogP contribution in [0, 0.1) is 13.8 Å². The molecular formula is C30H36N6O4. The van der Waals surface area contributed by atoms with Gasteiger partial charge in [-0.3, -0.25) is 9.59 Å². The van der Waals surface area contributed by atoms with Crippen molar-refractivity contribution in [2.24, 2.45) is 34.6 Å². The molecule has 10 heteroatoms. The summed E-state index contributed by atoms with van der Waals surface area (Å²) in [6.07, 6.45) is 5.68. The molecule has 2 amide bonds. The first-order valence-corrected chi connectivity index (χ1v) is 13.6. The van der Waals surface area contributed by atoms with Gasteiger partial charge in [-0.25, -0.2) is 0 Å². The van der Waals surface area contributed by atoms with Crippen molar-refractivity contribution in [3.05, 3.63) is 47.5 Å². The van der Waals surface area contributed by atoms with Gasteiger partial charge in [-0.15, -0.1) is 20.5 Å². The molecule has 0 saturated carbocycles. The Morgan fingerprint density at radius 1 is 0.650 bits per heavy atom. The van der Waals surface area contributed by atoms with Crippen molar-refractivity contribution in [3.8, 4) is 11.8 Å². The zero-order valence-electron chi connectivity index (χ0n) is 23.5. The van der Waals surface area contributed by atoms with Crippen LogP contribution in [0.5, 0.6) is 11.8 Å². The Balaban J connectivity index is 1.14. The van der Waals surface area contributed by atoms with Gasteiger partial charge < -0.3 is 19.3 Å². The number of aromatic hydroxyl groups is 2. The van der Waals surface area contributed by atoms with E-state index in [1.54, 1.807) is 23.2 Å². The molecule has 2 N–H and O–H groups in total. The summed E-state index contributed by atoms with van der Waals surface area (Å²) in [6.45, 7) is 3.91. The number of benzene rings is 2. The minimum Gasteiger partial charge on any atom is -0.493 e. The molecular weight excluding hydrogens is 508 g/mol. The summed E-state index contributed by atoms with van der Waals surface area (Å²) < 4.78 is 3.25. The number of carbonyl (C=O) groups is 2. The second kappa shape index (κ2) is 12.7. The predicted octanol–water partition coefficient (Wildman–Crippen LogP) is 7.74. The van der Waals surface area contributed by atoms with E-state index in [9.17, 15) is 19.8 Å². The highest BCUT2D eigenvalue weighted by atomic mass is 16.3. The molecule has 40 heavy (non-hydrogen) atoms. The van der Waals surface area contributed by atoms with Gasteiger partial charge in [-0.05, 0) is 51.0 Å². The number of unbranched alkanes of at least 4 members (excludes halogenated alkanes) is 5. The second-order valence-electron chi connectivity index (χ2n) is 10.3. The van der Waals surface area contributed by atoms with Gasteiger partial charge in [0.25, 0.3) is 11.8 Å². The van der Waals surface area contributed by atoms with Crippen LogP contribution in [0.1, 0.15) is 62.5 Å². The van der Waals surface area contributed by atoms with Crippen LogP contribution in [-0.4, -0.2) is 31.2 Å². The Bertz CT molecular complexity index is 1490. The molecule has 2 heterocycles. The molecule has 0 saturated heterocycles. The van der Waals surface area contributed by atoms with Crippen LogP contribution in [0.25, 0.3) is 21.8 Å². The lowest BCUT2D eigenvalue weighted by Crippen LogP contribution is -1.93. The highest BCUT2D eigenvalue weighted by molar-refractivity contribution is 5.96. The SMILES string of the molecule is Cc1ccc2c(c1)c(N=NC(=O)CCCCCCCCC(=O)N=Nc1c(O)n(C)c3ccc(C)cc13)c(O)n2C. The first-order chi connectivity index (χ1) is 19.2. The fourth-order valence-electron chi connectivity index (χ4n) is 4.82. The Labute approximate surface area is 233 Å². The van der Waals surface area contributed by atoms with Crippen molar-refractivity contribution in [2.75, 3.05) is 0 Å². The van der Waals surface area contributed by atoms with Crippen molar-refractivity contribution in [3.63, 3.8) is 0 Å². The topological polar surface area (TPSA) is 134 Å². The lowest BCUT2D eigenvalue weighted by Gasteiger charge is -2.00. The average molecular weight is 545 g/mol. The zero-order valence-corrected chi connectivity index (χ0v) is 23.5. The molecule has 0 fully saturated rings. The minimum atomic E-state index is -0.313. The summed E-state index contributed by atoms with van der Waals surface area (Å²) in [4.78, 5) is 24.4. The third kappa shape index (κ3) is 6.44. The maximum Gasteiger partial charge on any atom is 0.264 e. The number of fused-ring (bicyclic) bond motifs is 2. The Hall–Kier alpha value is -4.34. The zero-order chi connectivity index (χ0) is 28.8. The monoisotopic (exact) mass is 544 g/mol. The fourth-order valence-corrected chi connectivity index (χ4v) is 4.82. The summed E-state index contributed by atoms with van der Waals surface area (Å²) in [7, 11) is 3.49. The maximum atomic E-state index is 12.2. The molecule has 4 aromatic rings. The largest absolute Gasteiger partial charge is 0.493 e. The van der Waals surface area contributed by atoms with Gasteiger partial charge in [0.15, 0.2) is 11.4 Å². The highest BCUT2D eigenvalue weighted by Gasteiger charge is 2.16. The molecule has 0 aliphatic carbocycles. The molecule has 0 bridgehead atoms. The van der Waals surface area contributed by atoms with Crippen LogP contribution in [0.15, 0.2) is 56.9 Å². The van der Waals surface area contributed by atoms with E-state index in [-0.39, 0.29) is 23.6 Å². The van der Waals surface area contributed by atoms with E-state index in [0.717, 1.165) is 58.6 Å². The van der Waals surface area contributed by atoms with E-state index in [2.05, 4.69) is 20.5 Å². The second-order valence-corrected chi connectivity index (χ2v) is 10.3. The lowest BCUT2D eigenvalue weighted by molar-refractivity contribution is -0.119. The van der Waals surface area contributed by atoms with E-state index in [4.69, 9.17) is 0 Å². The molecule has 0 aliphatic heterocycles. The van der Waals surface area contributed by atoms with Crippen molar-refractivity contribution < 1.29 is 19.8 Å². The van der Waals surface area contributed by atoms with Gasteiger partial charge in [0, 0.05) is 37.7 Å². The quantitative estimate of drug-likeness (QED) is 0.147. The number of rotatable bonds is 11. The Morgan fingerprint density at radius 2 is 1.02 bits per heavy atom. The molecule has 10 nitrogen and oxygen atoms in total. The summed E-state index contributed by atoms with van der Waals surface area (Å²) in [5, 5.41) is 38.0. The number of azo groups is 2. The van der Waals surface area contributed by atoms with Crippen molar-refractivity contribution >= 4 is 45.0 Å². The summed E-state index contributed by atoms with van der Waals surface area (Å²) in [6, 6.07) is 11.6. The van der Waals surface area contributed by atoms with Crippen LogP contribution in [-0.2, 0) is 23.7 Å². The van der Waals surface area contributed by atoms with Gasteiger partial charge >= 0.3 is 0 Å². The summed E-state index contributed by atoms with van der Waals surface area (Å²) in [5.41, 5.74) is 4.35. The van der Waals surface area contributed by atoms with E-state index >= 15 is 0 Å². The highest BCUT2D eigenvalue weighted by Crippen LogP contribution is 2.39. The number of hydrogen-bond acceptors (Lipinski definition) is 6. The number of amides is 2. The summed E-state index contributed by atoms with van der Waals surface area (Å²) in [5.74, 6) is -0.655. The van der Waals surface area contributed by atoms with Gasteiger partial charge in [0.2, 0.25) is 11.8 Å². The number of nitrogens with zero attached hydrogens (tertiary/aromatic N) is 6. The predicted molar refractivity (Wildman–Crippen MR) is 155 cm³/mol. The van der Waals surface area contributed by atoms with Crippen LogP contribution in [0.4, 0.5) is 11.4 Å². The van der Waals surface area contributed by atoms with Gasteiger partial charge in [-0.2, -0.15) is 0 Å². The van der Waals surface area contributed by atoms with E-state index in [1.807, 2.05) is 50.2 Å². The minimum absolute atomic E-state index is 0.0149. The Morgan fingerprint density at radius 3 is 1.43 bits per heavy atom. The molecule has 2 aromatic carbocycles. The summed E-state index contributed by atoms with van der Waals surface area (Å²) >= 11 is 0. The third-order valence-corrected chi connectivity index (χ3v) is 7.15. The first kappa shape index (κ1) is 28.7. The molecule has 0 unspecified atom stereocenters. The van der Waals surface area contributed by atoms with E-state index < -0.39 is 0 Å². The van der Waals surface area contributed by atoms with Crippen molar-refractivity contribution in [1.29, 1.82) is 0 Å². The Kier molecular flexibility index (Phi) is 9.08. The third-order valence-electron chi connectivity index (χ3n) is 7.15. The van der Waals surface area contributed by atoms with Gasteiger partial charge in [-0.1, -0.05) is 48.9 Å². The molecule has 0 atom stereocenters. The number of aryl methyl sites for hydroxylation is 4. The normalized spacial score (nSPS) is 12.0. The van der Waals surface area contributed by atoms with E-state index in [1.165, 1.54) is 0 Å². The van der Waals surface area contributed by atoms with Crippen LogP contribution >= 0.6 is 0 Å². The van der Waals surface area contributed by atoms with Gasteiger partial charge in [0.05, 0.1) is 11.0 Å². The molecule has 0 aliphatic rings. The van der Waals surface area contributed by atoms with Crippen LogP contribution < -0.4 is 0 Å². The molecule has 0 radical (unpaired) electrons. The maximum absolute atomic E-state index is 12.2. The number of carbonyl (C=O) groups excluding carboxylic acids is 2. The molecule has 4 rings (SSSR count). The lowest BCUT2D eigenvalue weighted by atomic mass is 10.1. The first-order valence-electron chi connectivity index (χ1n) is 13.6. The molecule has 0 spiro atoms. The van der Waals surface area contributed by atoms with Crippen LogP contribution in [0.2, 0.25) is 0 Å². The molecule has 2 aromatic heterocycles. The standard InChI is InChI=1S/C30H36N6O4/c1-19-13-15-23-21(17-19)27(29(39)35(23)3)33-31-25(37)11-9-7-5-6-8-10-12-26(38)32-34-28-22-18-20(2)14-16-24(22)36(4)30(28)40/h13-18,39-40H,5-12H2,1-4H3. The molecule has 210 valence electrons. The average Bonchev–Trinajstić information content (AvgIpc) is 3.30.